The molecule has 1 heteroatoms. The van der Waals surface area contributed by atoms with Crippen molar-refractivity contribution < 1.29 is 4.79 Å². The van der Waals surface area contributed by atoms with Crippen LogP contribution in [0.4, 0.5) is 0 Å². The Morgan fingerprint density at radius 3 is 2.61 bits per heavy atom. The van der Waals surface area contributed by atoms with Gasteiger partial charge in [-0.25, -0.2) is 0 Å². The molecule has 2 rings (SSSR count). The molecule has 0 spiro atoms. The maximum atomic E-state index is 11.5. The van der Waals surface area contributed by atoms with Gasteiger partial charge in [-0.2, -0.15) is 0 Å². The Labute approximate surface area is 111 Å². The Bertz CT molecular complexity index is 421. The lowest BCUT2D eigenvalue weighted by molar-refractivity contribution is -0.118. The van der Waals surface area contributed by atoms with Gasteiger partial charge in [-0.3, -0.25) is 0 Å². The van der Waals surface area contributed by atoms with Gasteiger partial charge in [-0.05, 0) is 48.5 Å². The van der Waals surface area contributed by atoms with Crippen molar-refractivity contribution >= 4 is 5.78 Å². The molecule has 18 heavy (non-hydrogen) atoms. The summed E-state index contributed by atoms with van der Waals surface area (Å²) in [5, 5.41) is 0. The molecule has 0 saturated carbocycles. The van der Waals surface area contributed by atoms with Gasteiger partial charge in [-0.15, -0.1) is 0 Å². The predicted octanol–water partition coefficient (Wildman–Crippen LogP) is 4.68. The van der Waals surface area contributed by atoms with Crippen LogP contribution in [0.3, 0.4) is 0 Å². The predicted molar refractivity (Wildman–Crippen MR) is 76.4 cm³/mol. The van der Waals surface area contributed by atoms with Crippen LogP contribution in [0.1, 0.15) is 60.3 Å². The SMILES string of the molecule is CC(=O)CC1CC2=C(CC1(C)C)C(C)(C)CC=C2. The Morgan fingerprint density at radius 1 is 1.33 bits per heavy atom. The molecule has 2 aliphatic rings. The molecule has 0 saturated heterocycles. The summed E-state index contributed by atoms with van der Waals surface area (Å²) in [4.78, 5) is 11.5. The van der Waals surface area contributed by atoms with E-state index in [0.717, 1.165) is 25.7 Å². The van der Waals surface area contributed by atoms with Crippen molar-refractivity contribution in [2.75, 3.05) is 0 Å². The number of hydrogen-bond acceptors (Lipinski definition) is 1. The molecule has 0 bridgehead atoms. The largest absolute Gasteiger partial charge is 0.300 e. The van der Waals surface area contributed by atoms with Crippen LogP contribution in [0.2, 0.25) is 0 Å². The molecular weight excluding hydrogens is 220 g/mol. The van der Waals surface area contributed by atoms with Gasteiger partial charge in [0.2, 0.25) is 0 Å². The number of ketones is 1. The van der Waals surface area contributed by atoms with Gasteiger partial charge in [0.05, 0.1) is 0 Å². The summed E-state index contributed by atoms with van der Waals surface area (Å²) in [6.45, 7) is 11.1. The van der Waals surface area contributed by atoms with Crippen molar-refractivity contribution in [2.24, 2.45) is 16.7 Å². The highest BCUT2D eigenvalue weighted by Crippen LogP contribution is 2.52. The first kappa shape index (κ1) is 13.6. The first-order valence-corrected chi connectivity index (χ1v) is 7.11. The van der Waals surface area contributed by atoms with E-state index in [9.17, 15) is 4.79 Å². The van der Waals surface area contributed by atoms with E-state index in [4.69, 9.17) is 0 Å². The van der Waals surface area contributed by atoms with Crippen LogP contribution in [0, 0.1) is 16.7 Å². The quantitative estimate of drug-likeness (QED) is 0.691. The molecule has 1 unspecified atom stereocenters. The van der Waals surface area contributed by atoms with E-state index in [-0.39, 0.29) is 5.41 Å². The van der Waals surface area contributed by atoms with Crippen molar-refractivity contribution in [1.29, 1.82) is 0 Å². The fourth-order valence-electron chi connectivity index (χ4n) is 3.54. The Morgan fingerprint density at radius 2 is 2.00 bits per heavy atom. The van der Waals surface area contributed by atoms with E-state index in [0.29, 0.717) is 17.1 Å². The van der Waals surface area contributed by atoms with Gasteiger partial charge in [0, 0.05) is 6.42 Å². The number of hydrogen-bond donors (Lipinski definition) is 0. The maximum absolute atomic E-state index is 11.5. The Balaban J connectivity index is 2.32. The monoisotopic (exact) mass is 246 g/mol. The van der Waals surface area contributed by atoms with E-state index in [1.54, 1.807) is 12.5 Å². The topological polar surface area (TPSA) is 17.1 Å². The molecule has 0 aromatic carbocycles. The van der Waals surface area contributed by atoms with Gasteiger partial charge in [0.15, 0.2) is 0 Å². The third-order valence-electron chi connectivity index (χ3n) is 4.89. The molecule has 0 heterocycles. The van der Waals surface area contributed by atoms with E-state index >= 15 is 0 Å². The van der Waals surface area contributed by atoms with E-state index in [1.165, 1.54) is 5.57 Å². The molecule has 0 aromatic heterocycles. The molecule has 0 amide bonds. The van der Waals surface area contributed by atoms with Gasteiger partial charge in [0.1, 0.15) is 5.78 Å². The van der Waals surface area contributed by atoms with Gasteiger partial charge >= 0.3 is 0 Å². The van der Waals surface area contributed by atoms with Crippen LogP contribution < -0.4 is 0 Å². The molecule has 0 aliphatic heterocycles. The number of allylic oxidation sites excluding steroid dienone is 4. The minimum Gasteiger partial charge on any atom is -0.300 e. The first-order valence-electron chi connectivity index (χ1n) is 7.11. The zero-order chi connectivity index (χ0) is 13.6. The summed E-state index contributed by atoms with van der Waals surface area (Å²) in [5.41, 5.74) is 3.71. The molecule has 2 aliphatic carbocycles. The van der Waals surface area contributed by atoms with E-state index in [2.05, 4.69) is 39.8 Å². The highest BCUT2D eigenvalue weighted by atomic mass is 16.1. The minimum absolute atomic E-state index is 0.257. The Kier molecular flexibility index (Phi) is 3.29. The van der Waals surface area contributed by atoms with Gasteiger partial charge < -0.3 is 4.79 Å². The summed E-state index contributed by atoms with van der Waals surface area (Å²) >= 11 is 0. The summed E-state index contributed by atoms with van der Waals surface area (Å²) in [5.74, 6) is 0.837. The zero-order valence-electron chi connectivity index (χ0n) is 12.5. The number of Topliss-reactive ketones (excluding diaryl/α,β-unsaturated/α-hetero) is 1. The average Bonchev–Trinajstić information content (AvgIpc) is 2.19. The summed E-state index contributed by atoms with van der Waals surface area (Å²) < 4.78 is 0. The molecule has 0 N–H and O–H groups in total. The van der Waals surface area contributed by atoms with Crippen molar-refractivity contribution in [3.05, 3.63) is 23.3 Å². The summed E-state index contributed by atoms with van der Waals surface area (Å²) in [6.07, 6.45) is 8.74. The van der Waals surface area contributed by atoms with Crippen LogP contribution in [0.25, 0.3) is 0 Å². The third kappa shape index (κ3) is 2.46. The van der Waals surface area contributed by atoms with E-state index < -0.39 is 0 Å². The zero-order valence-corrected chi connectivity index (χ0v) is 12.5. The molecule has 1 atom stereocenters. The number of carbonyl (C=O) groups is 1. The van der Waals surface area contributed by atoms with Crippen molar-refractivity contribution in [3.63, 3.8) is 0 Å². The molecule has 0 aromatic rings. The normalized spacial score (nSPS) is 29.1. The lowest BCUT2D eigenvalue weighted by atomic mass is 9.59. The molecule has 0 fully saturated rings. The van der Waals surface area contributed by atoms with Crippen molar-refractivity contribution in [3.8, 4) is 0 Å². The van der Waals surface area contributed by atoms with E-state index in [1.807, 2.05) is 0 Å². The van der Waals surface area contributed by atoms with Crippen molar-refractivity contribution in [2.45, 2.75) is 60.3 Å². The lowest BCUT2D eigenvalue weighted by Gasteiger charge is -2.46. The van der Waals surface area contributed by atoms with Gasteiger partial charge in [-0.1, -0.05) is 45.4 Å². The van der Waals surface area contributed by atoms with Crippen LogP contribution in [0.5, 0.6) is 0 Å². The second kappa shape index (κ2) is 4.36. The Hall–Kier alpha value is -0.850. The molecule has 0 radical (unpaired) electrons. The minimum atomic E-state index is 0.257. The van der Waals surface area contributed by atoms with Crippen LogP contribution in [0.15, 0.2) is 23.3 Å². The van der Waals surface area contributed by atoms with Crippen LogP contribution in [-0.2, 0) is 4.79 Å². The maximum Gasteiger partial charge on any atom is 0.130 e. The second-order valence-corrected chi connectivity index (χ2v) is 7.47. The first-order chi connectivity index (χ1) is 8.22. The summed E-state index contributed by atoms with van der Waals surface area (Å²) in [6, 6.07) is 0. The summed E-state index contributed by atoms with van der Waals surface area (Å²) in [7, 11) is 0. The smallest absolute Gasteiger partial charge is 0.130 e. The fourth-order valence-corrected chi connectivity index (χ4v) is 3.54. The standard InChI is InChI=1S/C17H26O/c1-12(18)9-14-10-13-7-6-8-16(2,3)15(13)11-17(14,4)5/h6-7,14H,8-11H2,1-5H3. The molecule has 100 valence electrons. The van der Waals surface area contributed by atoms with Crippen molar-refractivity contribution in [1.82, 2.24) is 0 Å². The lowest BCUT2D eigenvalue weighted by Crippen LogP contribution is -2.35. The number of rotatable bonds is 2. The highest BCUT2D eigenvalue weighted by Gasteiger charge is 2.40. The third-order valence-corrected chi connectivity index (χ3v) is 4.89. The van der Waals surface area contributed by atoms with Crippen LogP contribution in [-0.4, -0.2) is 5.78 Å². The fraction of sp³-hybridized carbons (Fsp3) is 0.706. The molecular formula is C17H26O. The second-order valence-electron chi connectivity index (χ2n) is 7.47. The highest BCUT2D eigenvalue weighted by molar-refractivity contribution is 5.76. The van der Waals surface area contributed by atoms with Gasteiger partial charge in [0.25, 0.3) is 0 Å². The van der Waals surface area contributed by atoms with Crippen LogP contribution >= 0.6 is 0 Å². The number of carbonyl (C=O) groups excluding carboxylic acids is 1. The molecule has 1 nitrogen and oxygen atoms in total. The average molecular weight is 246 g/mol.